The van der Waals surface area contributed by atoms with E-state index in [-0.39, 0.29) is 0 Å². The number of anilines is 1. The van der Waals surface area contributed by atoms with Crippen LogP contribution in [-0.2, 0) is 0 Å². The number of nitrogens with zero attached hydrogens (tertiary/aromatic N) is 2. The molecule has 3 heteroatoms. The summed E-state index contributed by atoms with van der Waals surface area (Å²) in [6.07, 6.45) is 1.69. The molecule has 0 saturated carbocycles. The average molecular weight is 213 g/mol. The Balaban J connectivity index is 2.61. The van der Waals surface area contributed by atoms with Crippen molar-refractivity contribution in [3.63, 3.8) is 0 Å². The number of aryl methyl sites for hydroxylation is 1. The van der Waals surface area contributed by atoms with Crippen molar-refractivity contribution in [1.82, 2.24) is 9.97 Å². The summed E-state index contributed by atoms with van der Waals surface area (Å²) in [6, 6.07) is 6.07. The molecule has 0 atom stereocenters. The van der Waals surface area contributed by atoms with Crippen LogP contribution in [-0.4, -0.2) is 9.97 Å². The van der Waals surface area contributed by atoms with Crippen LogP contribution in [0.4, 0.5) is 5.95 Å². The predicted molar refractivity (Wildman–Crippen MR) is 66.1 cm³/mol. The Morgan fingerprint density at radius 1 is 1.00 bits per heavy atom. The molecule has 2 aromatic rings. The van der Waals surface area contributed by atoms with Gasteiger partial charge in [-0.25, -0.2) is 9.97 Å². The maximum atomic E-state index is 5.59. The fourth-order valence-corrected chi connectivity index (χ4v) is 1.76. The summed E-state index contributed by atoms with van der Waals surface area (Å²) in [5.74, 6) is 0.315. The zero-order chi connectivity index (χ0) is 11.7. The molecule has 82 valence electrons. The second kappa shape index (κ2) is 3.93. The van der Waals surface area contributed by atoms with E-state index < -0.39 is 0 Å². The Labute approximate surface area is 95.4 Å². The molecule has 2 N–H and O–H groups in total. The van der Waals surface area contributed by atoms with Crippen LogP contribution in [0.5, 0.6) is 0 Å². The highest BCUT2D eigenvalue weighted by molar-refractivity contribution is 5.66. The summed E-state index contributed by atoms with van der Waals surface area (Å²) in [6.45, 7) is 6.34. The van der Waals surface area contributed by atoms with Gasteiger partial charge < -0.3 is 5.73 Å². The van der Waals surface area contributed by atoms with E-state index in [1.54, 1.807) is 6.20 Å². The number of nitrogens with two attached hydrogens (primary N) is 1. The molecule has 0 saturated heterocycles. The summed E-state index contributed by atoms with van der Waals surface area (Å²) >= 11 is 0. The van der Waals surface area contributed by atoms with Gasteiger partial charge in [0.2, 0.25) is 5.95 Å². The molecular weight excluding hydrogens is 198 g/mol. The second-order valence-electron chi connectivity index (χ2n) is 3.98. The standard InChI is InChI=1S/C13H15N3/c1-8-4-5-11(10(3)9(8)2)12-6-7-15-13(14)16-12/h4-7H,1-3H3,(H2,14,15,16). The van der Waals surface area contributed by atoms with E-state index >= 15 is 0 Å². The Morgan fingerprint density at radius 3 is 2.44 bits per heavy atom. The van der Waals surface area contributed by atoms with E-state index in [0.29, 0.717) is 5.95 Å². The topological polar surface area (TPSA) is 51.8 Å². The molecule has 0 spiro atoms. The summed E-state index contributed by atoms with van der Waals surface area (Å²) in [4.78, 5) is 8.14. The molecule has 1 aromatic heterocycles. The number of aromatic nitrogens is 2. The highest BCUT2D eigenvalue weighted by Gasteiger charge is 2.07. The minimum absolute atomic E-state index is 0.315. The monoisotopic (exact) mass is 213 g/mol. The fourth-order valence-electron chi connectivity index (χ4n) is 1.76. The van der Waals surface area contributed by atoms with Gasteiger partial charge >= 0.3 is 0 Å². The third kappa shape index (κ3) is 1.76. The first-order valence-corrected chi connectivity index (χ1v) is 5.25. The third-order valence-electron chi connectivity index (χ3n) is 3.01. The molecule has 16 heavy (non-hydrogen) atoms. The van der Waals surface area contributed by atoms with Crippen molar-refractivity contribution < 1.29 is 0 Å². The molecule has 0 radical (unpaired) electrons. The number of nitrogen functional groups attached to an aromatic ring is 1. The van der Waals surface area contributed by atoms with Crippen LogP contribution in [0.25, 0.3) is 11.3 Å². The smallest absolute Gasteiger partial charge is 0.220 e. The fraction of sp³-hybridized carbons (Fsp3) is 0.231. The summed E-state index contributed by atoms with van der Waals surface area (Å²) in [5.41, 5.74) is 11.4. The molecule has 0 unspecified atom stereocenters. The van der Waals surface area contributed by atoms with Gasteiger partial charge in [0, 0.05) is 11.8 Å². The van der Waals surface area contributed by atoms with Crippen molar-refractivity contribution in [2.24, 2.45) is 0 Å². The first kappa shape index (κ1) is 10.6. The first-order chi connectivity index (χ1) is 7.59. The van der Waals surface area contributed by atoms with Crippen molar-refractivity contribution in [2.45, 2.75) is 20.8 Å². The third-order valence-corrected chi connectivity index (χ3v) is 3.01. The molecule has 0 aliphatic carbocycles. The predicted octanol–water partition coefficient (Wildman–Crippen LogP) is 2.65. The minimum atomic E-state index is 0.315. The molecule has 0 fully saturated rings. The minimum Gasteiger partial charge on any atom is -0.368 e. The van der Waals surface area contributed by atoms with E-state index in [1.165, 1.54) is 16.7 Å². The van der Waals surface area contributed by atoms with Crippen molar-refractivity contribution in [1.29, 1.82) is 0 Å². The lowest BCUT2D eigenvalue weighted by Gasteiger charge is -2.10. The van der Waals surface area contributed by atoms with E-state index in [2.05, 4.69) is 42.9 Å². The molecule has 0 bridgehead atoms. The van der Waals surface area contributed by atoms with Gasteiger partial charge in [0.25, 0.3) is 0 Å². The van der Waals surface area contributed by atoms with Gasteiger partial charge in [-0.15, -0.1) is 0 Å². The van der Waals surface area contributed by atoms with Gasteiger partial charge in [-0.1, -0.05) is 12.1 Å². The van der Waals surface area contributed by atoms with Gasteiger partial charge in [0.1, 0.15) is 0 Å². The van der Waals surface area contributed by atoms with Gasteiger partial charge in [-0.2, -0.15) is 0 Å². The molecule has 2 rings (SSSR count). The van der Waals surface area contributed by atoms with E-state index in [9.17, 15) is 0 Å². The van der Waals surface area contributed by atoms with E-state index in [1.807, 2.05) is 6.07 Å². The van der Waals surface area contributed by atoms with Crippen LogP contribution in [0.3, 0.4) is 0 Å². The molecule has 1 aromatic carbocycles. The molecule has 0 aliphatic rings. The molecule has 1 heterocycles. The number of hydrogen-bond donors (Lipinski definition) is 1. The van der Waals surface area contributed by atoms with E-state index in [4.69, 9.17) is 5.73 Å². The maximum absolute atomic E-state index is 5.59. The molecule has 0 amide bonds. The summed E-state index contributed by atoms with van der Waals surface area (Å²) in [7, 11) is 0. The van der Waals surface area contributed by atoms with Gasteiger partial charge in [-0.3, -0.25) is 0 Å². The normalized spacial score (nSPS) is 10.4. The van der Waals surface area contributed by atoms with Gasteiger partial charge in [0.15, 0.2) is 0 Å². The van der Waals surface area contributed by atoms with Gasteiger partial charge in [-0.05, 0) is 43.5 Å². The second-order valence-corrected chi connectivity index (χ2v) is 3.98. The maximum Gasteiger partial charge on any atom is 0.220 e. The Morgan fingerprint density at radius 2 is 1.75 bits per heavy atom. The van der Waals surface area contributed by atoms with E-state index in [0.717, 1.165) is 11.3 Å². The Hall–Kier alpha value is -1.90. The van der Waals surface area contributed by atoms with Crippen LogP contribution < -0.4 is 5.73 Å². The molecule has 3 nitrogen and oxygen atoms in total. The van der Waals surface area contributed by atoms with Crippen molar-refractivity contribution in [3.05, 3.63) is 41.1 Å². The number of benzene rings is 1. The van der Waals surface area contributed by atoms with Crippen LogP contribution in [0.1, 0.15) is 16.7 Å². The SMILES string of the molecule is Cc1ccc(-c2ccnc(N)n2)c(C)c1C. The van der Waals surface area contributed by atoms with Crippen LogP contribution >= 0.6 is 0 Å². The van der Waals surface area contributed by atoms with Crippen LogP contribution in [0.2, 0.25) is 0 Å². The average Bonchev–Trinajstić information content (AvgIpc) is 2.26. The number of hydrogen-bond acceptors (Lipinski definition) is 3. The summed E-state index contributed by atoms with van der Waals surface area (Å²) in [5, 5.41) is 0. The Kier molecular flexibility index (Phi) is 2.60. The highest BCUT2D eigenvalue weighted by Crippen LogP contribution is 2.25. The zero-order valence-corrected chi connectivity index (χ0v) is 9.78. The summed E-state index contributed by atoms with van der Waals surface area (Å²) < 4.78 is 0. The quantitative estimate of drug-likeness (QED) is 0.792. The van der Waals surface area contributed by atoms with Crippen molar-refractivity contribution >= 4 is 5.95 Å². The zero-order valence-electron chi connectivity index (χ0n) is 9.78. The molecule has 0 aliphatic heterocycles. The van der Waals surface area contributed by atoms with Crippen molar-refractivity contribution in [3.8, 4) is 11.3 Å². The Bertz CT molecular complexity index is 533. The number of rotatable bonds is 1. The lowest BCUT2D eigenvalue weighted by Crippen LogP contribution is -1.97. The van der Waals surface area contributed by atoms with Gasteiger partial charge in [0.05, 0.1) is 5.69 Å². The van der Waals surface area contributed by atoms with Crippen LogP contribution in [0, 0.1) is 20.8 Å². The highest BCUT2D eigenvalue weighted by atomic mass is 15.0. The largest absolute Gasteiger partial charge is 0.368 e. The first-order valence-electron chi connectivity index (χ1n) is 5.25. The van der Waals surface area contributed by atoms with Crippen molar-refractivity contribution in [2.75, 3.05) is 5.73 Å². The van der Waals surface area contributed by atoms with Crippen LogP contribution in [0.15, 0.2) is 24.4 Å². The lowest BCUT2D eigenvalue weighted by molar-refractivity contribution is 1.18. The lowest BCUT2D eigenvalue weighted by atomic mass is 9.97. The molecular formula is C13H15N3.